The van der Waals surface area contributed by atoms with Crippen molar-refractivity contribution in [1.82, 2.24) is 0 Å². The van der Waals surface area contributed by atoms with Crippen molar-refractivity contribution < 1.29 is 108 Å². The van der Waals surface area contributed by atoms with Crippen LogP contribution in [0.4, 0.5) is 70.2 Å². The van der Waals surface area contributed by atoms with Crippen molar-refractivity contribution in [3.8, 4) is 23.0 Å². The van der Waals surface area contributed by atoms with Crippen LogP contribution in [0.5, 0.6) is 23.0 Å². The summed E-state index contributed by atoms with van der Waals surface area (Å²) in [6.07, 6.45) is 15.6. The van der Waals surface area contributed by atoms with Gasteiger partial charge >= 0.3 is 24.4 Å². The number of benzene rings is 4. The topological polar surface area (TPSA) is 73.8 Å². The summed E-state index contributed by atoms with van der Waals surface area (Å²) in [5.41, 5.74) is -0.814. The van der Waals surface area contributed by atoms with Gasteiger partial charge < -0.3 is 37.9 Å². The average molecular weight is 1640 g/mol. The predicted molar refractivity (Wildman–Crippen MR) is 407 cm³/mol. The highest BCUT2D eigenvalue weighted by Gasteiger charge is 2.50. The molecule has 114 heavy (non-hydrogen) atoms. The molecule has 24 heteroatoms. The van der Waals surface area contributed by atoms with Crippen LogP contribution in [0, 0.1) is 145 Å². The minimum Gasteiger partial charge on any atom is -0.432 e. The van der Waals surface area contributed by atoms with E-state index in [-0.39, 0.29) is 46.7 Å². The van der Waals surface area contributed by atoms with E-state index >= 15 is 0 Å². The number of halogens is 16. The minimum absolute atomic E-state index is 0.170. The molecule has 0 bridgehead atoms. The van der Waals surface area contributed by atoms with Gasteiger partial charge in [-0.15, -0.1) is 0 Å². The van der Waals surface area contributed by atoms with Gasteiger partial charge in [0, 0.05) is 97.2 Å². The smallest absolute Gasteiger partial charge is 0.400 e. The largest absolute Gasteiger partial charge is 0.432 e. The maximum atomic E-state index is 14.6. The van der Waals surface area contributed by atoms with Gasteiger partial charge in [0.1, 0.15) is 69.5 Å². The quantitative estimate of drug-likeness (QED) is 0.0455. The Hall–Kier alpha value is -5.20. The summed E-state index contributed by atoms with van der Waals surface area (Å²) in [5.74, 6) is -8.99. The van der Waals surface area contributed by atoms with Gasteiger partial charge in [-0.2, -0.15) is 35.1 Å². The fourth-order valence-electron chi connectivity index (χ4n) is 18.4. The molecule has 4 aliphatic heterocycles. The molecule has 12 rings (SSSR count). The fraction of sp³-hybridized carbons (Fsp3) is 0.733. The summed E-state index contributed by atoms with van der Waals surface area (Å²) in [7, 11) is 0. The fourth-order valence-corrected chi connectivity index (χ4v) is 18.4. The molecule has 8 unspecified atom stereocenters. The van der Waals surface area contributed by atoms with E-state index in [0.29, 0.717) is 150 Å². The van der Waals surface area contributed by atoms with Crippen LogP contribution in [0.25, 0.3) is 0 Å². The van der Waals surface area contributed by atoms with Gasteiger partial charge in [-0.1, -0.05) is 72.6 Å². The summed E-state index contributed by atoms with van der Waals surface area (Å²) < 4.78 is 269. The zero-order valence-electron chi connectivity index (χ0n) is 68.0. The first-order valence-electron chi connectivity index (χ1n) is 42.8. The van der Waals surface area contributed by atoms with Crippen LogP contribution in [0.15, 0.2) is 48.5 Å². The summed E-state index contributed by atoms with van der Waals surface area (Å²) >= 11 is 0. The van der Waals surface area contributed by atoms with Crippen molar-refractivity contribution in [2.24, 2.45) is 71.0 Å². The highest BCUT2D eigenvalue weighted by molar-refractivity contribution is 5.33. The maximum absolute atomic E-state index is 14.6. The SMILES string of the molecule is CCC1CCC(C2CCC(C(F)(F)Oc3cc(F)c(C)c(F)c3)CC2)OC1.CCCC1CCC(C2CCC(C(F)(F)Oc3cc(F)c(C)c(F)c3)CC2)OC1.CCCCC1CCC(C2CCC(C(F)(F)Oc3cc(F)c(C)c(F)c3)CC2)OC1.CCCCCC1CCC(C2CCC(C(F)(F)Oc3cc(F)c(C)c(F)c3)CC2)OC1. The molecule has 8 nitrogen and oxygen atoms in total. The Morgan fingerprint density at radius 3 is 0.693 bits per heavy atom. The zero-order valence-corrected chi connectivity index (χ0v) is 68.0. The van der Waals surface area contributed by atoms with Crippen molar-refractivity contribution in [3.63, 3.8) is 0 Å². The van der Waals surface area contributed by atoms with Crippen LogP contribution in [0.3, 0.4) is 0 Å². The van der Waals surface area contributed by atoms with Crippen LogP contribution in [-0.4, -0.2) is 75.3 Å². The molecule has 4 heterocycles. The first kappa shape index (κ1) is 92.7. The van der Waals surface area contributed by atoms with Crippen molar-refractivity contribution in [2.75, 3.05) is 26.4 Å². The number of ether oxygens (including phenoxy) is 8. The molecule has 0 radical (unpaired) electrons. The molecule has 4 aromatic carbocycles. The molecule has 8 fully saturated rings. The third-order valence-corrected chi connectivity index (χ3v) is 26.2. The molecule has 0 amide bonds. The molecule has 8 atom stereocenters. The monoisotopic (exact) mass is 1640 g/mol. The van der Waals surface area contributed by atoms with Crippen molar-refractivity contribution in [1.29, 1.82) is 0 Å². The Labute approximate surface area is 665 Å². The van der Waals surface area contributed by atoms with Gasteiger partial charge in [-0.05, 0) is 248 Å². The minimum atomic E-state index is -3.45. The Morgan fingerprint density at radius 1 is 0.272 bits per heavy atom. The first-order valence-corrected chi connectivity index (χ1v) is 42.8. The molecule has 4 aromatic rings. The average Bonchev–Trinajstić information content (AvgIpc) is 0.818. The van der Waals surface area contributed by atoms with Crippen LogP contribution in [0.1, 0.15) is 268 Å². The van der Waals surface area contributed by atoms with Gasteiger partial charge in [0.25, 0.3) is 0 Å². The van der Waals surface area contributed by atoms with Gasteiger partial charge in [0.05, 0.1) is 48.1 Å². The normalized spacial score (nSPS) is 28.6. The van der Waals surface area contributed by atoms with Crippen LogP contribution in [0.2, 0.25) is 0 Å². The third-order valence-electron chi connectivity index (χ3n) is 26.2. The molecule has 4 aliphatic carbocycles. The van der Waals surface area contributed by atoms with E-state index in [2.05, 4.69) is 27.7 Å². The highest BCUT2D eigenvalue weighted by Crippen LogP contribution is 2.49. The van der Waals surface area contributed by atoms with E-state index < -0.39 is 118 Å². The second kappa shape index (κ2) is 43.2. The molecule has 0 N–H and O–H groups in total. The van der Waals surface area contributed by atoms with Gasteiger partial charge in [0.15, 0.2) is 0 Å². The summed E-state index contributed by atoms with van der Waals surface area (Å²) in [4.78, 5) is 0. The Kier molecular flexibility index (Phi) is 35.1. The molecule has 8 aliphatic rings. The van der Waals surface area contributed by atoms with Gasteiger partial charge in [-0.3, -0.25) is 0 Å². The number of alkyl halides is 8. The molecule has 4 saturated carbocycles. The van der Waals surface area contributed by atoms with Gasteiger partial charge in [-0.25, -0.2) is 35.1 Å². The molecular formula is C90H124F16O8. The lowest BCUT2D eigenvalue weighted by molar-refractivity contribution is -0.226. The van der Waals surface area contributed by atoms with E-state index in [1.165, 1.54) is 79.1 Å². The summed E-state index contributed by atoms with van der Waals surface area (Å²) in [5, 5.41) is 0. The Morgan fingerprint density at radius 2 is 0.491 bits per heavy atom. The van der Waals surface area contributed by atoms with Crippen LogP contribution in [-0.2, 0) is 18.9 Å². The number of unbranched alkanes of at least 4 members (excludes halogenated alkanes) is 3. The maximum Gasteiger partial charge on any atom is 0.400 e. The lowest BCUT2D eigenvalue weighted by atomic mass is 9.76. The second-order valence-electron chi connectivity index (χ2n) is 34.2. The van der Waals surface area contributed by atoms with Crippen LogP contribution < -0.4 is 18.9 Å². The van der Waals surface area contributed by atoms with E-state index in [9.17, 15) is 70.2 Å². The van der Waals surface area contributed by atoms with Crippen molar-refractivity contribution in [2.45, 2.75) is 323 Å². The Balaban J connectivity index is 0.000000174. The Bertz CT molecular complexity index is 3450. The molecule has 0 aromatic heterocycles. The van der Waals surface area contributed by atoms with Crippen molar-refractivity contribution in [3.05, 3.63) is 117 Å². The number of hydrogen-bond donors (Lipinski definition) is 0. The second-order valence-corrected chi connectivity index (χ2v) is 34.2. The lowest BCUT2D eigenvalue weighted by Gasteiger charge is -2.39. The van der Waals surface area contributed by atoms with E-state index in [1.807, 2.05) is 0 Å². The van der Waals surface area contributed by atoms with Gasteiger partial charge in [0.2, 0.25) is 0 Å². The third kappa shape index (κ3) is 26.4. The first-order chi connectivity index (χ1) is 54.2. The zero-order chi connectivity index (χ0) is 82.7. The lowest BCUT2D eigenvalue weighted by Crippen LogP contribution is -2.40. The van der Waals surface area contributed by atoms with Crippen LogP contribution >= 0.6 is 0 Å². The molecule has 4 saturated heterocycles. The van der Waals surface area contributed by atoms with Crippen molar-refractivity contribution >= 4 is 0 Å². The summed E-state index contributed by atoms with van der Waals surface area (Å²) in [6.45, 7) is 16.9. The number of hydrogen-bond acceptors (Lipinski definition) is 8. The molecule has 0 spiro atoms. The summed E-state index contributed by atoms with van der Waals surface area (Å²) in [6, 6.07) is 6.57. The molecular weight excluding hydrogens is 1510 g/mol. The number of rotatable bonds is 26. The highest BCUT2D eigenvalue weighted by atomic mass is 19.3. The molecule has 644 valence electrons. The van der Waals surface area contributed by atoms with E-state index in [4.69, 9.17) is 37.9 Å². The van der Waals surface area contributed by atoms with E-state index in [1.54, 1.807) is 0 Å². The standard InChI is InChI=1S/C24H34F4O2.C23H32F4O2.C22H30F4O2.C21H28F4O2/c1-3-4-5-6-17-7-12-23(29-15-17)18-8-10-19(11-9-18)24(27,28)30-20-13-21(25)16(2)22(26)14-20;1-3-4-5-16-6-11-22(28-14-16)17-7-9-18(10-8-17)23(26,27)29-19-12-20(24)15(2)21(25)13-19;1-3-4-15-5-10-21(27-13-15)16-6-8-17(9-7-16)22(25,26)28-18-11-19(23)14(2)20(24)12-18;1-3-14-4-9-20(26-12-14)15-5-7-16(8-6-15)21(24,25)27-17-10-18(22)13(2)19(23)11-17/h13-14,17-19,23H,3-12,15H2,1-2H3;12-13,16-18,22H,3-11,14H2,1-2H3;11-12,15-17,21H,3-10,13H2,1-2H3;10-11,14-16,20H,3-9,12H2,1-2H3. The predicted octanol–water partition coefficient (Wildman–Crippen LogP) is 27.4. The van der Waals surface area contributed by atoms with E-state index in [0.717, 1.165) is 139 Å².